The van der Waals surface area contributed by atoms with Gasteiger partial charge in [0.05, 0.1) is 11.3 Å². The van der Waals surface area contributed by atoms with Crippen molar-refractivity contribution in [2.24, 2.45) is 0 Å². The number of aromatic nitrogens is 3. The zero-order valence-electron chi connectivity index (χ0n) is 10.4. The van der Waals surface area contributed by atoms with Gasteiger partial charge in [-0.1, -0.05) is 6.92 Å². The topological polar surface area (TPSA) is 68.0 Å². The molecular formula is C13H15N3O2. The summed E-state index contributed by atoms with van der Waals surface area (Å²) < 4.78 is 1.89. The number of aromatic carboxylic acids is 1. The minimum absolute atomic E-state index is 0.232. The molecule has 0 atom stereocenters. The highest BCUT2D eigenvalue weighted by Gasteiger charge is 2.11. The molecule has 0 fully saturated rings. The number of carbonyl (C=O) groups is 1. The van der Waals surface area contributed by atoms with Crippen LogP contribution in [0, 0.1) is 6.92 Å². The van der Waals surface area contributed by atoms with Gasteiger partial charge in [-0.05, 0) is 25.5 Å². The maximum Gasteiger partial charge on any atom is 0.337 e. The van der Waals surface area contributed by atoms with Crippen LogP contribution in [0.15, 0.2) is 24.5 Å². The third kappa shape index (κ3) is 2.25. The Bertz CT molecular complexity index is 575. The second-order valence-corrected chi connectivity index (χ2v) is 4.07. The zero-order valence-corrected chi connectivity index (χ0v) is 10.4. The van der Waals surface area contributed by atoms with Crippen LogP contribution in [-0.2, 0) is 6.42 Å². The van der Waals surface area contributed by atoms with Gasteiger partial charge in [0, 0.05) is 18.8 Å². The molecule has 0 aliphatic carbocycles. The van der Waals surface area contributed by atoms with Crippen LogP contribution in [0.2, 0.25) is 0 Å². The lowest BCUT2D eigenvalue weighted by molar-refractivity contribution is 0.0695. The first kappa shape index (κ1) is 12.3. The van der Waals surface area contributed by atoms with Crippen LogP contribution in [0.3, 0.4) is 0 Å². The first-order chi connectivity index (χ1) is 8.63. The predicted molar refractivity (Wildman–Crippen MR) is 67.1 cm³/mol. The van der Waals surface area contributed by atoms with Gasteiger partial charge >= 0.3 is 5.97 Å². The molecule has 18 heavy (non-hydrogen) atoms. The fourth-order valence-corrected chi connectivity index (χ4v) is 1.86. The monoisotopic (exact) mass is 245 g/mol. The van der Waals surface area contributed by atoms with E-state index in [0.29, 0.717) is 11.5 Å². The smallest absolute Gasteiger partial charge is 0.337 e. The number of aryl methyl sites for hydroxylation is 2. The third-order valence-corrected chi connectivity index (χ3v) is 2.74. The molecule has 0 saturated carbocycles. The van der Waals surface area contributed by atoms with Crippen LogP contribution in [0.25, 0.3) is 5.82 Å². The van der Waals surface area contributed by atoms with Gasteiger partial charge in [-0.25, -0.2) is 14.8 Å². The first-order valence-corrected chi connectivity index (χ1v) is 5.87. The van der Waals surface area contributed by atoms with E-state index in [4.69, 9.17) is 5.11 Å². The van der Waals surface area contributed by atoms with Crippen LogP contribution < -0.4 is 0 Å². The summed E-state index contributed by atoms with van der Waals surface area (Å²) in [5.74, 6) is 0.692. The molecule has 5 nitrogen and oxygen atoms in total. The van der Waals surface area contributed by atoms with Gasteiger partial charge in [0.25, 0.3) is 0 Å². The van der Waals surface area contributed by atoms with E-state index in [-0.39, 0.29) is 5.56 Å². The van der Waals surface area contributed by atoms with Crippen LogP contribution in [0.5, 0.6) is 0 Å². The van der Waals surface area contributed by atoms with Gasteiger partial charge in [0.2, 0.25) is 0 Å². The summed E-state index contributed by atoms with van der Waals surface area (Å²) in [6.07, 6.45) is 5.44. The molecule has 0 radical (unpaired) electrons. The summed E-state index contributed by atoms with van der Waals surface area (Å²) in [6, 6.07) is 3.28. The normalized spacial score (nSPS) is 10.6. The average Bonchev–Trinajstić information content (AvgIpc) is 2.77. The van der Waals surface area contributed by atoms with E-state index in [1.165, 1.54) is 0 Å². The number of hydrogen-bond acceptors (Lipinski definition) is 3. The molecule has 2 rings (SSSR count). The molecule has 2 heterocycles. The number of rotatable bonds is 4. The number of nitrogens with zero attached hydrogens (tertiary/aromatic N) is 3. The lowest BCUT2D eigenvalue weighted by Gasteiger charge is -2.08. The van der Waals surface area contributed by atoms with E-state index in [1.807, 2.05) is 10.8 Å². The van der Waals surface area contributed by atoms with Crippen molar-refractivity contribution >= 4 is 5.97 Å². The highest BCUT2D eigenvalue weighted by molar-refractivity contribution is 5.88. The third-order valence-electron chi connectivity index (χ3n) is 2.74. The van der Waals surface area contributed by atoms with E-state index in [1.54, 1.807) is 25.3 Å². The molecule has 0 saturated heterocycles. The SMILES string of the molecule is CCCc1nccn1-c1ccc(C(=O)O)c(C)n1. The van der Waals surface area contributed by atoms with Crippen LogP contribution in [0.1, 0.15) is 35.2 Å². The summed E-state index contributed by atoms with van der Waals surface area (Å²) in [5.41, 5.74) is 0.743. The maximum absolute atomic E-state index is 10.9. The summed E-state index contributed by atoms with van der Waals surface area (Å²) in [5, 5.41) is 8.97. The van der Waals surface area contributed by atoms with Gasteiger partial charge in [-0.3, -0.25) is 4.57 Å². The Hall–Kier alpha value is -2.17. The first-order valence-electron chi connectivity index (χ1n) is 5.87. The minimum atomic E-state index is -0.953. The number of carboxylic acid groups (broad SMARTS) is 1. The molecule has 0 aliphatic rings. The van der Waals surface area contributed by atoms with Gasteiger partial charge < -0.3 is 5.11 Å². The Morgan fingerprint density at radius 1 is 1.44 bits per heavy atom. The molecule has 2 aromatic rings. The van der Waals surface area contributed by atoms with Crippen molar-refractivity contribution in [3.05, 3.63) is 41.6 Å². The molecule has 0 aromatic carbocycles. The number of carboxylic acids is 1. The Balaban J connectivity index is 2.42. The molecular weight excluding hydrogens is 230 g/mol. The van der Waals surface area contributed by atoms with Crippen molar-refractivity contribution in [2.75, 3.05) is 0 Å². The fraction of sp³-hybridized carbons (Fsp3) is 0.308. The van der Waals surface area contributed by atoms with Crippen LogP contribution >= 0.6 is 0 Å². The van der Waals surface area contributed by atoms with Crippen molar-refractivity contribution < 1.29 is 9.90 Å². The maximum atomic E-state index is 10.9. The summed E-state index contributed by atoms with van der Waals surface area (Å²) in [7, 11) is 0. The quantitative estimate of drug-likeness (QED) is 0.896. The Labute approximate surface area is 105 Å². The van der Waals surface area contributed by atoms with E-state index in [9.17, 15) is 4.79 Å². The highest BCUT2D eigenvalue weighted by Crippen LogP contribution is 2.13. The summed E-state index contributed by atoms with van der Waals surface area (Å²) >= 11 is 0. The van der Waals surface area contributed by atoms with Crippen LogP contribution in [-0.4, -0.2) is 25.6 Å². The lowest BCUT2D eigenvalue weighted by Crippen LogP contribution is -2.07. The van der Waals surface area contributed by atoms with Crippen molar-refractivity contribution in [3.63, 3.8) is 0 Å². The number of hydrogen-bond donors (Lipinski definition) is 1. The Kier molecular flexibility index (Phi) is 3.41. The van der Waals surface area contributed by atoms with Gasteiger partial charge in [0.15, 0.2) is 0 Å². The summed E-state index contributed by atoms with van der Waals surface area (Å²) in [4.78, 5) is 19.5. The Morgan fingerprint density at radius 2 is 2.22 bits per heavy atom. The second kappa shape index (κ2) is 5.00. The standard InChI is InChI=1S/C13H15N3O2/c1-3-4-11-14-7-8-16(11)12-6-5-10(13(17)18)9(2)15-12/h5-8H,3-4H2,1-2H3,(H,17,18). The molecule has 0 bridgehead atoms. The molecule has 0 spiro atoms. The highest BCUT2D eigenvalue weighted by atomic mass is 16.4. The number of pyridine rings is 1. The molecule has 0 unspecified atom stereocenters. The summed E-state index contributed by atoms with van der Waals surface area (Å²) in [6.45, 7) is 3.79. The molecule has 0 aliphatic heterocycles. The minimum Gasteiger partial charge on any atom is -0.478 e. The van der Waals surface area contributed by atoms with Crippen molar-refractivity contribution in [3.8, 4) is 5.82 Å². The Morgan fingerprint density at radius 3 is 2.83 bits per heavy atom. The van der Waals surface area contributed by atoms with E-state index in [0.717, 1.165) is 18.7 Å². The van der Waals surface area contributed by atoms with Crippen molar-refractivity contribution in [1.29, 1.82) is 0 Å². The molecule has 94 valence electrons. The van der Waals surface area contributed by atoms with E-state index < -0.39 is 5.97 Å². The van der Waals surface area contributed by atoms with Gasteiger partial charge in [-0.15, -0.1) is 0 Å². The molecule has 1 N–H and O–H groups in total. The van der Waals surface area contributed by atoms with Gasteiger partial charge in [-0.2, -0.15) is 0 Å². The molecule has 2 aromatic heterocycles. The van der Waals surface area contributed by atoms with E-state index in [2.05, 4.69) is 16.9 Å². The predicted octanol–water partition coefficient (Wildman–Crippen LogP) is 2.23. The second-order valence-electron chi connectivity index (χ2n) is 4.07. The van der Waals surface area contributed by atoms with Gasteiger partial charge in [0.1, 0.15) is 11.6 Å². The van der Waals surface area contributed by atoms with Crippen molar-refractivity contribution in [2.45, 2.75) is 26.7 Å². The lowest BCUT2D eigenvalue weighted by atomic mass is 10.2. The zero-order chi connectivity index (χ0) is 13.1. The molecule has 5 heteroatoms. The fourth-order valence-electron chi connectivity index (χ4n) is 1.86. The number of imidazole rings is 1. The van der Waals surface area contributed by atoms with E-state index >= 15 is 0 Å². The van der Waals surface area contributed by atoms with Crippen molar-refractivity contribution in [1.82, 2.24) is 14.5 Å². The molecule has 0 amide bonds. The average molecular weight is 245 g/mol. The van der Waals surface area contributed by atoms with Crippen LogP contribution in [0.4, 0.5) is 0 Å². The largest absolute Gasteiger partial charge is 0.478 e.